The molecular weight excluding hydrogens is 384 g/mol. The molecule has 0 bridgehead atoms. The van der Waals surface area contributed by atoms with E-state index in [1.54, 1.807) is 0 Å². The first kappa shape index (κ1) is 17.3. The molecule has 0 atom stereocenters. The average molecular weight is 406 g/mol. The van der Waals surface area contributed by atoms with E-state index in [4.69, 9.17) is 21.7 Å². The molecule has 0 unspecified atom stereocenters. The minimum absolute atomic E-state index is 0.142. The minimum Gasteiger partial charge on any atom is -0.373 e. The molecule has 0 radical (unpaired) electrons. The first-order valence-corrected chi connectivity index (χ1v) is 10.3. The maximum Gasteiger partial charge on any atom is 0.281 e. The maximum absolute atomic E-state index is 12.5. The summed E-state index contributed by atoms with van der Waals surface area (Å²) < 4.78 is 12.7. The zero-order valence-corrected chi connectivity index (χ0v) is 16.9. The molecule has 27 heavy (non-hydrogen) atoms. The van der Waals surface area contributed by atoms with Gasteiger partial charge in [-0.3, -0.25) is 14.7 Å². The highest BCUT2D eigenvalue weighted by Crippen LogP contribution is 2.40. The third kappa shape index (κ3) is 2.80. The van der Waals surface area contributed by atoms with Gasteiger partial charge in [-0.05, 0) is 31.6 Å². The lowest BCUT2D eigenvalue weighted by Gasteiger charge is -2.33. The summed E-state index contributed by atoms with van der Waals surface area (Å²) >= 11 is 6.69. The SMILES string of the molecule is CC1(C)Cc2c(c(N3CCOCC3)[nH+]c3sc4c(=O)[nH]c(=S)[nH]c4c23)CO1. The molecule has 0 saturated carbocycles. The van der Waals surface area contributed by atoms with Crippen LogP contribution in [-0.4, -0.2) is 41.9 Å². The normalized spacial score (nSPS) is 19.6. The van der Waals surface area contributed by atoms with Gasteiger partial charge in [0.25, 0.3) is 11.4 Å². The Morgan fingerprint density at radius 1 is 1.22 bits per heavy atom. The molecule has 3 aromatic rings. The second-order valence-corrected chi connectivity index (χ2v) is 9.10. The van der Waals surface area contributed by atoms with Crippen LogP contribution in [0.1, 0.15) is 25.0 Å². The summed E-state index contributed by atoms with van der Waals surface area (Å²) in [5.74, 6) is 1.08. The van der Waals surface area contributed by atoms with Crippen LogP contribution in [0, 0.1) is 4.77 Å². The molecule has 9 heteroatoms. The number of aromatic amines is 3. The Balaban J connectivity index is 1.86. The van der Waals surface area contributed by atoms with Crippen molar-refractivity contribution in [1.29, 1.82) is 0 Å². The number of rotatable bonds is 1. The molecule has 5 rings (SSSR count). The lowest BCUT2D eigenvalue weighted by atomic mass is 9.90. The molecule has 1 saturated heterocycles. The van der Waals surface area contributed by atoms with Crippen molar-refractivity contribution in [2.24, 2.45) is 0 Å². The first-order valence-electron chi connectivity index (χ1n) is 9.05. The standard InChI is InChI=1S/C18H20N4O3S2/c1-18(2)7-9-10(8-25-18)14(22-3-5-24-6-4-22)20-16-11(9)12-13(27-16)15(23)21-17(26)19-12/h3-8H2,1-2H3,(H2,19,21,23,26)/p+1. The minimum atomic E-state index is -0.254. The van der Waals surface area contributed by atoms with E-state index in [0.29, 0.717) is 29.3 Å². The molecule has 0 aliphatic carbocycles. The summed E-state index contributed by atoms with van der Waals surface area (Å²) in [5, 5.41) is 1.07. The van der Waals surface area contributed by atoms with E-state index in [-0.39, 0.29) is 11.2 Å². The van der Waals surface area contributed by atoms with Crippen molar-refractivity contribution >= 4 is 49.8 Å². The summed E-state index contributed by atoms with van der Waals surface area (Å²) in [4.78, 5) is 25.3. The van der Waals surface area contributed by atoms with Crippen LogP contribution < -0.4 is 15.4 Å². The van der Waals surface area contributed by atoms with Crippen molar-refractivity contribution < 1.29 is 14.5 Å². The summed E-state index contributed by atoms with van der Waals surface area (Å²) in [6, 6.07) is 0. The highest BCUT2D eigenvalue weighted by atomic mass is 32.1. The molecule has 2 aliphatic heterocycles. The molecule has 0 aromatic carbocycles. The maximum atomic E-state index is 12.5. The molecule has 1 fully saturated rings. The predicted molar refractivity (Wildman–Crippen MR) is 107 cm³/mol. The number of pyridine rings is 1. The number of morpholine rings is 1. The molecule has 7 nitrogen and oxygen atoms in total. The van der Waals surface area contributed by atoms with Crippen LogP contribution >= 0.6 is 23.6 Å². The number of hydrogen-bond donors (Lipinski definition) is 2. The Morgan fingerprint density at radius 3 is 2.78 bits per heavy atom. The highest BCUT2D eigenvalue weighted by Gasteiger charge is 2.36. The van der Waals surface area contributed by atoms with Gasteiger partial charge in [0.1, 0.15) is 17.8 Å². The van der Waals surface area contributed by atoms with Crippen molar-refractivity contribution in [2.45, 2.75) is 32.5 Å². The second-order valence-electron chi connectivity index (χ2n) is 7.67. The molecule has 5 heterocycles. The van der Waals surface area contributed by atoms with Gasteiger partial charge in [-0.2, -0.15) is 0 Å². The fourth-order valence-electron chi connectivity index (χ4n) is 4.02. The average Bonchev–Trinajstić information content (AvgIpc) is 3.00. The van der Waals surface area contributed by atoms with E-state index in [9.17, 15) is 4.79 Å². The van der Waals surface area contributed by atoms with E-state index in [2.05, 4.69) is 33.7 Å². The Morgan fingerprint density at radius 2 is 2.00 bits per heavy atom. The predicted octanol–water partition coefficient (Wildman–Crippen LogP) is 2.30. The van der Waals surface area contributed by atoms with Crippen LogP contribution in [0.25, 0.3) is 20.4 Å². The van der Waals surface area contributed by atoms with Crippen LogP contribution in [0.4, 0.5) is 5.82 Å². The number of fused-ring (bicyclic) bond motifs is 5. The van der Waals surface area contributed by atoms with Gasteiger partial charge in [0.2, 0.25) is 0 Å². The van der Waals surface area contributed by atoms with E-state index < -0.39 is 0 Å². The quantitative estimate of drug-likeness (QED) is 0.607. The molecule has 0 amide bonds. The second kappa shape index (κ2) is 6.10. The van der Waals surface area contributed by atoms with Crippen molar-refractivity contribution in [3.05, 3.63) is 26.3 Å². The van der Waals surface area contributed by atoms with Crippen molar-refractivity contribution in [3.63, 3.8) is 0 Å². The molecular formula is C18H21N4O3S2+. The van der Waals surface area contributed by atoms with Gasteiger partial charge < -0.3 is 14.5 Å². The van der Waals surface area contributed by atoms with Gasteiger partial charge in [0.05, 0.1) is 41.9 Å². The number of hydrogen-bond acceptors (Lipinski definition) is 6. The van der Waals surface area contributed by atoms with Crippen LogP contribution in [0.3, 0.4) is 0 Å². The lowest BCUT2D eigenvalue weighted by Crippen LogP contribution is -2.42. The summed E-state index contributed by atoms with van der Waals surface area (Å²) in [7, 11) is 0. The van der Waals surface area contributed by atoms with Gasteiger partial charge in [-0.1, -0.05) is 11.3 Å². The fourth-order valence-corrected chi connectivity index (χ4v) is 5.29. The lowest BCUT2D eigenvalue weighted by molar-refractivity contribution is -0.329. The van der Waals surface area contributed by atoms with E-state index >= 15 is 0 Å². The van der Waals surface area contributed by atoms with Crippen molar-refractivity contribution in [3.8, 4) is 0 Å². The number of H-pyrrole nitrogens is 3. The monoisotopic (exact) mass is 405 g/mol. The number of aromatic nitrogens is 3. The zero-order chi connectivity index (χ0) is 18.8. The van der Waals surface area contributed by atoms with Gasteiger partial charge >= 0.3 is 0 Å². The Bertz CT molecular complexity index is 1170. The Labute approximate surface area is 164 Å². The van der Waals surface area contributed by atoms with Crippen LogP contribution in [0.5, 0.6) is 0 Å². The number of nitrogens with one attached hydrogen (secondary N) is 3. The first-order chi connectivity index (χ1) is 12.9. The topological polar surface area (TPSA) is 84.5 Å². The largest absolute Gasteiger partial charge is 0.373 e. The number of nitrogens with zero attached hydrogens (tertiary/aromatic N) is 1. The molecule has 142 valence electrons. The van der Waals surface area contributed by atoms with Gasteiger partial charge in [0.15, 0.2) is 9.60 Å². The molecule has 2 aliphatic rings. The number of ether oxygens (including phenoxy) is 2. The van der Waals surface area contributed by atoms with Crippen molar-refractivity contribution in [1.82, 2.24) is 9.97 Å². The Kier molecular flexibility index (Phi) is 3.91. The van der Waals surface area contributed by atoms with E-state index in [0.717, 1.165) is 41.1 Å². The molecule has 0 spiro atoms. The third-order valence-corrected chi connectivity index (χ3v) is 6.61. The molecule has 3 N–H and O–H groups in total. The van der Waals surface area contributed by atoms with Crippen LogP contribution in [-0.2, 0) is 22.5 Å². The highest BCUT2D eigenvalue weighted by molar-refractivity contribution is 7.71. The molecule has 3 aromatic heterocycles. The number of anilines is 1. The van der Waals surface area contributed by atoms with Gasteiger partial charge in [-0.15, -0.1) is 0 Å². The van der Waals surface area contributed by atoms with E-state index in [1.807, 2.05) is 0 Å². The van der Waals surface area contributed by atoms with Crippen LogP contribution in [0.15, 0.2) is 4.79 Å². The van der Waals surface area contributed by atoms with Gasteiger partial charge in [-0.25, -0.2) is 4.98 Å². The summed E-state index contributed by atoms with van der Waals surface area (Å²) in [6.45, 7) is 7.87. The van der Waals surface area contributed by atoms with E-state index in [1.165, 1.54) is 22.5 Å². The third-order valence-electron chi connectivity index (χ3n) is 5.30. The van der Waals surface area contributed by atoms with Crippen molar-refractivity contribution in [2.75, 3.05) is 31.2 Å². The van der Waals surface area contributed by atoms with Gasteiger partial charge in [0, 0.05) is 6.42 Å². The fraction of sp³-hybridized carbons (Fsp3) is 0.500. The zero-order valence-electron chi connectivity index (χ0n) is 15.2. The summed E-state index contributed by atoms with van der Waals surface area (Å²) in [5.41, 5.74) is 2.83. The number of thiophene rings is 1. The Hall–Kier alpha value is -1.81. The smallest absolute Gasteiger partial charge is 0.281 e. The van der Waals surface area contributed by atoms with Crippen LogP contribution in [0.2, 0.25) is 0 Å². The summed E-state index contributed by atoms with van der Waals surface area (Å²) in [6.07, 6.45) is 0.782.